The summed E-state index contributed by atoms with van der Waals surface area (Å²) in [5.41, 5.74) is 6.99. The number of rotatable bonds is 2. The molecule has 2 rings (SSSR count). The number of hydrogen-bond acceptors (Lipinski definition) is 2. The third-order valence-electron chi connectivity index (χ3n) is 3.66. The first kappa shape index (κ1) is 12.0. The van der Waals surface area contributed by atoms with Crippen molar-refractivity contribution in [3.8, 4) is 0 Å². The van der Waals surface area contributed by atoms with E-state index in [2.05, 4.69) is 28.0 Å². The van der Waals surface area contributed by atoms with Crippen LogP contribution < -0.4 is 5.73 Å². The number of nitrogens with two attached hydrogens (primary N) is 1. The summed E-state index contributed by atoms with van der Waals surface area (Å²) in [5, 5.41) is 4.47. The van der Waals surface area contributed by atoms with Gasteiger partial charge in [-0.15, -0.1) is 0 Å². The lowest BCUT2D eigenvalue weighted by atomic mass is 9.83. The largest absolute Gasteiger partial charge is 0.383 e. The fraction of sp³-hybridized carbons (Fsp3) is 0.750. The monoisotopic (exact) mass is 285 g/mol. The molecule has 0 aliphatic heterocycles. The van der Waals surface area contributed by atoms with Crippen LogP contribution in [0.25, 0.3) is 0 Å². The minimum atomic E-state index is 0.754. The van der Waals surface area contributed by atoms with Crippen LogP contribution in [0.15, 0.2) is 4.47 Å². The highest BCUT2D eigenvalue weighted by Gasteiger charge is 2.20. The molecular formula is C12H20BrN3. The highest BCUT2D eigenvalue weighted by atomic mass is 79.9. The molecule has 0 radical (unpaired) electrons. The molecule has 90 valence electrons. The fourth-order valence-electron chi connectivity index (χ4n) is 2.47. The lowest BCUT2D eigenvalue weighted by Gasteiger charge is -2.26. The molecule has 2 N–H and O–H groups in total. The van der Waals surface area contributed by atoms with Crippen LogP contribution in [-0.4, -0.2) is 9.78 Å². The van der Waals surface area contributed by atoms with Gasteiger partial charge in [-0.3, -0.25) is 0 Å². The molecule has 0 atom stereocenters. The van der Waals surface area contributed by atoms with Gasteiger partial charge in [0.15, 0.2) is 0 Å². The second kappa shape index (κ2) is 4.78. The third kappa shape index (κ3) is 2.42. The van der Waals surface area contributed by atoms with E-state index in [9.17, 15) is 0 Å². The Kier molecular flexibility index (Phi) is 3.57. The Labute approximate surface area is 106 Å². The first-order valence-corrected chi connectivity index (χ1v) is 6.85. The van der Waals surface area contributed by atoms with Crippen molar-refractivity contribution in [3.05, 3.63) is 10.2 Å². The predicted octanol–water partition coefficient (Wildman–Crippen LogP) is 3.36. The van der Waals surface area contributed by atoms with Crippen LogP contribution in [0.3, 0.4) is 0 Å². The zero-order valence-electron chi connectivity index (χ0n) is 10.0. The van der Waals surface area contributed by atoms with E-state index in [4.69, 9.17) is 5.73 Å². The quantitative estimate of drug-likeness (QED) is 0.906. The summed E-state index contributed by atoms with van der Waals surface area (Å²) in [6.45, 7) is 5.31. The molecule has 1 aliphatic rings. The van der Waals surface area contributed by atoms with Gasteiger partial charge in [-0.1, -0.05) is 19.8 Å². The van der Waals surface area contributed by atoms with Crippen LogP contribution in [-0.2, 0) is 6.54 Å². The first-order chi connectivity index (χ1) is 7.58. The van der Waals surface area contributed by atoms with Gasteiger partial charge >= 0.3 is 0 Å². The molecule has 0 aromatic carbocycles. The first-order valence-electron chi connectivity index (χ1n) is 6.06. The number of halogens is 1. The van der Waals surface area contributed by atoms with E-state index in [-0.39, 0.29) is 0 Å². The van der Waals surface area contributed by atoms with E-state index in [0.29, 0.717) is 0 Å². The van der Waals surface area contributed by atoms with Gasteiger partial charge in [0, 0.05) is 6.54 Å². The minimum absolute atomic E-state index is 0.754. The van der Waals surface area contributed by atoms with Crippen molar-refractivity contribution in [1.29, 1.82) is 0 Å². The molecular weight excluding hydrogens is 266 g/mol. The maximum absolute atomic E-state index is 6.00. The van der Waals surface area contributed by atoms with Crippen LogP contribution in [0.5, 0.6) is 0 Å². The Hall–Kier alpha value is -0.510. The maximum Gasteiger partial charge on any atom is 0.136 e. The van der Waals surface area contributed by atoms with Gasteiger partial charge in [0.1, 0.15) is 5.82 Å². The molecule has 1 saturated carbocycles. The summed E-state index contributed by atoms with van der Waals surface area (Å²) in [5.74, 6) is 2.43. The van der Waals surface area contributed by atoms with Crippen molar-refractivity contribution in [3.63, 3.8) is 0 Å². The second-order valence-electron chi connectivity index (χ2n) is 5.09. The Morgan fingerprint density at radius 3 is 2.50 bits per heavy atom. The Morgan fingerprint density at radius 1 is 1.38 bits per heavy atom. The molecule has 0 bridgehead atoms. The molecule has 1 aromatic heterocycles. The van der Waals surface area contributed by atoms with Gasteiger partial charge in [-0.2, -0.15) is 5.10 Å². The summed E-state index contributed by atoms with van der Waals surface area (Å²) >= 11 is 3.47. The standard InChI is InChI=1S/C12H20BrN3/c1-8-3-5-10(6-4-8)7-16-12(14)11(13)9(2)15-16/h8,10H,3-7,14H2,1-2H3. The minimum Gasteiger partial charge on any atom is -0.383 e. The summed E-state index contributed by atoms with van der Waals surface area (Å²) in [6.07, 6.45) is 5.34. The van der Waals surface area contributed by atoms with Crippen molar-refractivity contribution >= 4 is 21.7 Å². The lowest BCUT2D eigenvalue weighted by Crippen LogP contribution is -2.19. The Bertz CT molecular complexity index is 365. The average Bonchev–Trinajstić information content (AvgIpc) is 2.50. The number of hydrogen-bond donors (Lipinski definition) is 1. The molecule has 0 spiro atoms. The second-order valence-corrected chi connectivity index (χ2v) is 5.89. The molecule has 0 unspecified atom stereocenters. The van der Waals surface area contributed by atoms with Crippen LogP contribution >= 0.6 is 15.9 Å². The van der Waals surface area contributed by atoms with E-state index in [1.54, 1.807) is 0 Å². The van der Waals surface area contributed by atoms with Gasteiger partial charge in [-0.25, -0.2) is 4.68 Å². The maximum atomic E-state index is 6.00. The summed E-state index contributed by atoms with van der Waals surface area (Å²) in [4.78, 5) is 0. The fourth-order valence-corrected chi connectivity index (χ4v) is 2.76. The van der Waals surface area contributed by atoms with Crippen molar-refractivity contribution in [2.45, 2.75) is 46.1 Å². The summed E-state index contributed by atoms with van der Waals surface area (Å²) in [7, 11) is 0. The number of nitrogens with zero attached hydrogens (tertiary/aromatic N) is 2. The number of anilines is 1. The van der Waals surface area contributed by atoms with Crippen LogP contribution in [0.1, 0.15) is 38.3 Å². The van der Waals surface area contributed by atoms with Crippen LogP contribution in [0.2, 0.25) is 0 Å². The average molecular weight is 286 g/mol. The molecule has 1 aliphatic carbocycles. The summed E-state index contributed by atoms with van der Waals surface area (Å²) < 4.78 is 2.91. The van der Waals surface area contributed by atoms with Gasteiger partial charge < -0.3 is 5.73 Å². The van der Waals surface area contributed by atoms with Gasteiger partial charge in [0.2, 0.25) is 0 Å². The Morgan fingerprint density at radius 2 is 2.00 bits per heavy atom. The number of aryl methyl sites for hydroxylation is 1. The normalized spacial score (nSPS) is 25.9. The van der Waals surface area contributed by atoms with E-state index in [1.807, 2.05) is 11.6 Å². The smallest absolute Gasteiger partial charge is 0.136 e. The van der Waals surface area contributed by atoms with Crippen LogP contribution in [0, 0.1) is 18.8 Å². The SMILES string of the molecule is Cc1nn(CC2CCC(C)CC2)c(N)c1Br. The van der Waals surface area contributed by atoms with Gasteiger partial charge in [0.25, 0.3) is 0 Å². The molecule has 4 heteroatoms. The zero-order chi connectivity index (χ0) is 11.7. The van der Waals surface area contributed by atoms with E-state index in [0.717, 1.165) is 34.4 Å². The van der Waals surface area contributed by atoms with Gasteiger partial charge in [-0.05, 0) is 47.5 Å². The molecule has 1 heterocycles. The number of aromatic nitrogens is 2. The highest BCUT2D eigenvalue weighted by Crippen LogP contribution is 2.31. The summed E-state index contributed by atoms with van der Waals surface area (Å²) in [6, 6.07) is 0. The van der Waals surface area contributed by atoms with Crippen molar-refractivity contribution in [2.24, 2.45) is 11.8 Å². The molecule has 1 aromatic rings. The topological polar surface area (TPSA) is 43.8 Å². The molecule has 0 amide bonds. The lowest BCUT2D eigenvalue weighted by molar-refractivity contribution is 0.259. The molecule has 16 heavy (non-hydrogen) atoms. The molecule has 3 nitrogen and oxygen atoms in total. The van der Waals surface area contributed by atoms with E-state index >= 15 is 0 Å². The molecule has 0 saturated heterocycles. The Balaban J connectivity index is 2.01. The van der Waals surface area contributed by atoms with Crippen LogP contribution in [0.4, 0.5) is 5.82 Å². The van der Waals surface area contributed by atoms with Crippen molar-refractivity contribution < 1.29 is 0 Å². The number of nitrogen functional groups attached to an aromatic ring is 1. The third-order valence-corrected chi connectivity index (χ3v) is 4.64. The van der Waals surface area contributed by atoms with Crippen molar-refractivity contribution in [1.82, 2.24) is 9.78 Å². The van der Waals surface area contributed by atoms with Crippen molar-refractivity contribution in [2.75, 3.05) is 5.73 Å². The predicted molar refractivity (Wildman–Crippen MR) is 70.2 cm³/mol. The van der Waals surface area contributed by atoms with E-state index in [1.165, 1.54) is 25.7 Å². The zero-order valence-corrected chi connectivity index (χ0v) is 11.6. The molecule has 1 fully saturated rings. The van der Waals surface area contributed by atoms with Gasteiger partial charge in [0.05, 0.1) is 10.2 Å². The van der Waals surface area contributed by atoms with E-state index < -0.39 is 0 Å². The highest BCUT2D eigenvalue weighted by molar-refractivity contribution is 9.10.